The van der Waals surface area contributed by atoms with Gasteiger partial charge in [0.1, 0.15) is 5.75 Å². The summed E-state index contributed by atoms with van der Waals surface area (Å²) in [5.74, 6) is 0.984. The number of likely N-dealkylation sites (N-methyl/N-ethyl adjacent to an activating group) is 1. The number of para-hydroxylation sites is 2. The van der Waals surface area contributed by atoms with E-state index in [0.29, 0.717) is 16.5 Å². The summed E-state index contributed by atoms with van der Waals surface area (Å²) in [5.41, 5.74) is 4.59. The topological polar surface area (TPSA) is 36.0 Å². The fraction of sp³-hybridized carbons (Fsp3) is 0.345. The first kappa shape index (κ1) is 24.9. The van der Waals surface area contributed by atoms with Crippen molar-refractivity contribution in [1.29, 1.82) is 0 Å². The standard InChI is InChI=1S/C29H31Cl2N3O2/c1-32(28(35)18-20-11-12-23(30)24(31)17-20)29-22-8-4-3-7-21(22)19-26(29)34-15-13-33(14-16-34)25-9-5-6-10-27(25)36-2/h3-12,17,26,29H,13-16,18-19H2,1-2H3/t26-,29-/m1/s1. The van der Waals surface area contributed by atoms with E-state index in [9.17, 15) is 4.79 Å². The Morgan fingerprint density at radius 3 is 2.44 bits per heavy atom. The Morgan fingerprint density at radius 2 is 1.69 bits per heavy atom. The fourth-order valence-electron chi connectivity index (χ4n) is 5.64. The van der Waals surface area contributed by atoms with E-state index in [-0.39, 0.29) is 18.0 Å². The maximum absolute atomic E-state index is 13.5. The van der Waals surface area contributed by atoms with Crippen molar-refractivity contribution in [1.82, 2.24) is 9.80 Å². The lowest BCUT2D eigenvalue weighted by Gasteiger charge is -2.43. The molecule has 188 valence electrons. The molecule has 5 nitrogen and oxygen atoms in total. The summed E-state index contributed by atoms with van der Waals surface area (Å²) in [6.07, 6.45) is 1.24. The third-order valence-electron chi connectivity index (χ3n) is 7.53. The van der Waals surface area contributed by atoms with E-state index in [1.807, 2.05) is 30.1 Å². The lowest BCUT2D eigenvalue weighted by Crippen LogP contribution is -2.54. The lowest BCUT2D eigenvalue weighted by atomic mass is 10.0. The minimum absolute atomic E-state index is 0.00860. The predicted octanol–water partition coefficient (Wildman–Crippen LogP) is 5.49. The van der Waals surface area contributed by atoms with Crippen LogP contribution >= 0.6 is 23.2 Å². The summed E-state index contributed by atoms with van der Waals surface area (Å²) >= 11 is 12.3. The molecule has 1 amide bonds. The maximum atomic E-state index is 13.5. The van der Waals surface area contributed by atoms with Gasteiger partial charge in [0.25, 0.3) is 0 Å². The second-order valence-corrected chi connectivity index (χ2v) is 10.4. The highest BCUT2D eigenvalue weighted by Crippen LogP contribution is 2.39. The molecule has 1 heterocycles. The van der Waals surface area contributed by atoms with Gasteiger partial charge in [0.05, 0.1) is 35.3 Å². The van der Waals surface area contributed by atoms with Crippen molar-refractivity contribution in [2.45, 2.75) is 24.9 Å². The van der Waals surface area contributed by atoms with Gasteiger partial charge in [-0.3, -0.25) is 9.69 Å². The molecule has 0 N–H and O–H groups in total. The number of ether oxygens (including phenoxy) is 1. The summed E-state index contributed by atoms with van der Waals surface area (Å²) in [5, 5.41) is 0.972. The molecule has 7 heteroatoms. The zero-order chi connectivity index (χ0) is 25.2. The van der Waals surface area contributed by atoms with Gasteiger partial charge in [-0.1, -0.05) is 65.7 Å². The van der Waals surface area contributed by atoms with Gasteiger partial charge in [0.15, 0.2) is 0 Å². The number of piperazine rings is 1. The van der Waals surface area contributed by atoms with Crippen molar-refractivity contribution in [3.8, 4) is 5.75 Å². The van der Waals surface area contributed by atoms with Gasteiger partial charge in [-0.15, -0.1) is 0 Å². The van der Waals surface area contributed by atoms with Crippen molar-refractivity contribution in [3.63, 3.8) is 0 Å². The second-order valence-electron chi connectivity index (χ2n) is 9.54. The van der Waals surface area contributed by atoms with Crippen LogP contribution in [0.1, 0.15) is 22.7 Å². The highest BCUT2D eigenvalue weighted by molar-refractivity contribution is 6.42. The lowest BCUT2D eigenvalue weighted by molar-refractivity contribution is -0.132. The smallest absolute Gasteiger partial charge is 0.227 e. The number of benzene rings is 3. The monoisotopic (exact) mass is 523 g/mol. The molecular formula is C29H31Cl2N3O2. The van der Waals surface area contributed by atoms with Gasteiger partial charge >= 0.3 is 0 Å². The molecule has 1 aliphatic carbocycles. The molecule has 0 unspecified atom stereocenters. The molecule has 36 heavy (non-hydrogen) atoms. The van der Waals surface area contributed by atoms with Crippen molar-refractivity contribution < 1.29 is 9.53 Å². The summed E-state index contributed by atoms with van der Waals surface area (Å²) in [6.45, 7) is 3.70. The van der Waals surface area contributed by atoms with Crippen LogP contribution in [0.3, 0.4) is 0 Å². The molecule has 3 aromatic carbocycles. The number of hydrogen-bond donors (Lipinski definition) is 0. The minimum atomic E-state index is 0.00860. The van der Waals surface area contributed by atoms with Gasteiger partial charge in [-0.25, -0.2) is 0 Å². The number of carbonyl (C=O) groups excluding carboxylic acids is 1. The van der Waals surface area contributed by atoms with Crippen LogP contribution in [0.4, 0.5) is 5.69 Å². The summed E-state index contributed by atoms with van der Waals surface area (Å²) < 4.78 is 5.59. The number of anilines is 1. The average Bonchev–Trinajstić information content (AvgIpc) is 3.30. The number of fused-ring (bicyclic) bond motifs is 1. The molecule has 2 aliphatic rings. The molecule has 3 aromatic rings. The maximum Gasteiger partial charge on any atom is 0.227 e. The van der Waals surface area contributed by atoms with E-state index >= 15 is 0 Å². The largest absolute Gasteiger partial charge is 0.495 e. The van der Waals surface area contributed by atoms with E-state index in [1.54, 1.807) is 19.2 Å². The quantitative estimate of drug-likeness (QED) is 0.427. The molecule has 5 rings (SSSR count). The minimum Gasteiger partial charge on any atom is -0.495 e. The second kappa shape index (κ2) is 10.7. The van der Waals surface area contributed by atoms with Crippen LogP contribution < -0.4 is 9.64 Å². The number of hydrogen-bond acceptors (Lipinski definition) is 4. The van der Waals surface area contributed by atoms with Crippen LogP contribution in [-0.4, -0.2) is 62.1 Å². The fourth-order valence-corrected chi connectivity index (χ4v) is 5.96. The Morgan fingerprint density at radius 1 is 0.972 bits per heavy atom. The third-order valence-corrected chi connectivity index (χ3v) is 8.27. The number of rotatable bonds is 6. The van der Waals surface area contributed by atoms with E-state index in [1.165, 1.54) is 11.1 Å². The van der Waals surface area contributed by atoms with Crippen LogP contribution in [0.2, 0.25) is 10.0 Å². The van der Waals surface area contributed by atoms with Crippen molar-refractivity contribution >= 4 is 34.8 Å². The Kier molecular flexibility index (Phi) is 7.42. The normalized spacial score (nSPS) is 19.7. The van der Waals surface area contributed by atoms with Gasteiger partial charge in [-0.2, -0.15) is 0 Å². The van der Waals surface area contributed by atoms with E-state index in [4.69, 9.17) is 27.9 Å². The van der Waals surface area contributed by atoms with Crippen LogP contribution in [0.5, 0.6) is 5.75 Å². The Hall–Kier alpha value is -2.73. The number of carbonyl (C=O) groups is 1. The Labute approximate surface area is 223 Å². The molecule has 2 atom stereocenters. The highest BCUT2D eigenvalue weighted by atomic mass is 35.5. The van der Waals surface area contributed by atoms with Gasteiger partial charge in [0.2, 0.25) is 5.91 Å². The van der Waals surface area contributed by atoms with Gasteiger partial charge in [0, 0.05) is 39.3 Å². The molecule has 0 bridgehead atoms. The number of halogens is 2. The zero-order valence-electron chi connectivity index (χ0n) is 20.7. The number of methoxy groups -OCH3 is 1. The average molecular weight is 524 g/mol. The van der Waals surface area contributed by atoms with E-state index < -0.39 is 0 Å². The first-order valence-corrected chi connectivity index (χ1v) is 13.1. The van der Waals surface area contributed by atoms with Crippen molar-refractivity contribution in [3.05, 3.63) is 93.5 Å². The van der Waals surface area contributed by atoms with Crippen LogP contribution in [0, 0.1) is 0 Å². The zero-order valence-corrected chi connectivity index (χ0v) is 22.2. The van der Waals surface area contributed by atoms with Crippen LogP contribution in [0.25, 0.3) is 0 Å². The SMILES string of the molecule is COc1ccccc1N1CCN([C@@H]2Cc3ccccc3[C@H]2N(C)C(=O)Cc2ccc(Cl)c(Cl)c2)CC1. The molecule has 0 saturated carbocycles. The summed E-state index contributed by atoms with van der Waals surface area (Å²) in [7, 11) is 3.66. The Balaban J connectivity index is 1.33. The third kappa shape index (κ3) is 4.93. The summed E-state index contributed by atoms with van der Waals surface area (Å²) in [6, 6.07) is 22.4. The molecule has 1 aliphatic heterocycles. The number of nitrogens with zero attached hydrogens (tertiary/aromatic N) is 3. The molecule has 0 radical (unpaired) electrons. The van der Waals surface area contributed by atoms with Crippen molar-refractivity contribution in [2.24, 2.45) is 0 Å². The first-order chi connectivity index (χ1) is 17.5. The van der Waals surface area contributed by atoms with Gasteiger partial charge in [-0.05, 0) is 47.4 Å². The molecule has 1 fully saturated rings. The van der Waals surface area contributed by atoms with Crippen LogP contribution in [0.15, 0.2) is 66.7 Å². The van der Waals surface area contributed by atoms with E-state index in [0.717, 1.165) is 49.6 Å². The molecule has 0 spiro atoms. The first-order valence-electron chi connectivity index (χ1n) is 12.4. The van der Waals surface area contributed by atoms with E-state index in [2.05, 4.69) is 46.2 Å². The predicted molar refractivity (Wildman–Crippen MR) is 146 cm³/mol. The Bertz CT molecular complexity index is 1240. The summed E-state index contributed by atoms with van der Waals surface area (Å²) in [4.78, 5) is 20.3. The molecule has 1 saturated heterocycles. The van der Waals surface area contributed by atoms with Gasteiger partial charge < -0.3 is 14.5 Å². The van der Waals surface area contributed by atoms with Crippen molar-refractivity contribution in [2.75, 3.05) is 45.2 Å². The number of amides is 1. The highest BCUT2D eigenvalue weighted by Gasteiger charge is 2.41. The molecular weight excluding hydrogens is 493 g/mol. The van der Waals surface area contributed by atoms with Crippen LogP contribution in [-0.2, 0) is 17.6 Å². The molecule has 0 aromatic heterocycles.